The molecule has 0 bridgehead atoms. The summed E-state index contributed by atoms with van der Waals surface area (Å²) in [5.74, 6) is 0.899. The first-order valence-corrected chi connectivity index (χ1v) is 8.63. The lowest BCUT2D eigenvalue weighted by atomic mass is 10.2. The third-order valence-corrected chi connectivity index (χ3v) is 5.00. The molecule has 19 heavy (non-hydrogen) atoms. The summed E-state index contributed by atoms with van der Waals surface area (Å²) in [6.07, 6.45) is 2.14. The predicted molar refractivity (Wildman–Crippen MR) is 89.5 cm³/mol. The number of hydrogen-bond acceptors (Lipinski definition) is 3. The molecular formula is C14H25N3S2. The van der Waals surface area contributed by atoms with Gasteiger partial charge in [-0.25, -0.2) is 4.99 Å². The number of aliphatic imine (C=N–C) groups is 1. The highest BCUT2D eigenvalue weighted by Crippen LogP contribution is 2.19. The van der Waals surface area contributed by atoms with Crippen LogP contribution in [0, 0.1) is 6.92 Å². The van der Waals surface area contributed by atoms with Crippen LogP contribution in [0.2, 0.25) is 0 Å². The lowest BCUT2D eigenvalue weighted by Gasteiger charge is -2.23. The molecule has 0 fully saturated rings. The molecular weight excluding hydrogens is 274 g/mol. The Morgan fingerprint density at radius 2 is 2.11 bits per heavy atom. The van der Waals surface area contributed by atoms with E-state index < -0.39 is 0 Å². The molecule has 3 nitrogen and oxygen atoms in total. The molecule has 1 heterocycles. The van der Waals surface area contributed by atoms with Gasteiger partial charge in [-0.1, -0.05) is 0 Å². The quantitative estimate of drug-likeness (QED) is 0.625. The number of guanidine groups is 1. The van der Waals surface area contributed by atoms with Gasteiger partial charge < -0.3 is 10.6 Å². The highest BCUT2D eigenvalue weighted by atomic mass is 32.2. The molecule has 0 unspecified atom stereocenters. The number of rotatable bonds is 6. The molecule has 5 heteroatoms. The SMILES string of the molecule is CCNC(=NCc1ccc(C)s1)NCC(C)(C)SC. The van der Waals surface area contributed by atoms with E-state index in [0.29, 0.717) is 0 Å². The maximum Gasteiger partial charge on any atom is 0.191 e. The molecule has 0 saturated heterocycles. The summed E-state index contributed by atoms with van der Waals surface area (Å²) in [4.78, 5) is 7.27. The molecule has 1 aromatic rings. The number of nitrogens with one attached hydrogen (secondary N) is 2. The van der Waals surface area contributed by atoms with E-state index in [4.69, 9.17) is 0 Å². The van der Waals surface area contributed by atoms with Gasteiger partial charge in [-0.05, 0) is 46.1 Å². The minimum absolute atomic E-state index is 0.218. The standard InChI is InChI=1S/C14H25N3S2/c1-6-15-13(17-10-14(3,4)18-5)16-9-12-8-7-11(2)19-12/h7-8H,6,9-10H2,1-5H3,(H2,15,16,17). The van der Waals surface area contributed by atoms with Gasteiger partial charge in [-0.3, -0.25) is 0 Å². The van der Waals surface area contributed by atoms with Crippen LogP contribution >= 0.6 is 23.1 Å². The van der Waals surface area contributed by atoms with Crippen LogP contribution in [0.1, 0.15) is 30.5 Å². The Kier molecular flexibility index (Phi) is 6.72. The molecule has 2 N–H and O–H groups in total. The van der Waals surface area contributed by atoms with Crippen LogP contribution in [-0.4, -0.2) is 30.1 Å². The largest absolute Gasteiger partial charge is 0.357 e. The summed E-state index contributed by atoms with van der Waals surface area (Å²) in [5.41, 5.74) is 0. The molecule has 0 aliphatic rings. The van der Waals surface area contributed by atoms with Crippen molar-refractivity contribution in [2.24, 2.45) is 4.99 Å². The number of hydrogen-bond donors (Lipinski definition) is 2. The summed E-state index contributed by atoms with van der Waals surface area (Å²) in [7, 11) is 0. The van der Waals surface area contributed by atoms with Gasteiger partial charge in [0.25, 0.3) is 0 Å². The van der Waals surface area contributed by atoms with Crippen molar-refractivity contribution >= 4 is 29.1 Å². The Morgan fingerprint density at radius 3 is 2.63 bits per heavy atom. The molecule has 108 valence electrons. The van der Waals surface area contributed by atoms with E-state index in [1.54, 1.807) is 0 Å². The molecule has 0 spiro atoms. The fraction of sp³-hybridized carbons (Fsp3) is 0.643. The molecule has 0 radical (unpaired) electrons. The van der Waals surface area contributed by atoms with Crippen molar-refractivity contribution < 1.29 is 0 Å². The molecule has 0 aliphatic carbocycles. The molecule has 0 atom stereocenters. The van der Waals surface area contributed by atoms with E-state index in [-0.39, 0.29) is 4.75 Å². The maximum atomic E-state index is 4.63. The Morgan fingerprint density at radius 1 is 1.37 bits per heavy atom. The third kappa shape index (κ3) is 6.34. The van der Waals surface area contributed by atoms with E-state index in [2.05, 4.69) is 61.7 Å². The highest BCUT2D eigenvalue weighted by molar-refractivity contribution is 7.99. The van der Waals surface area contributed by atoms with Crippen LogP contribution in [0.3, 0.4) is 0 Å². The van der Waals surface area contributed by atoms with Gasteiger partial charge in [0.1, 0.15) is 0 Å². The van der Waals surface area contributed by atoms with Crippen molar-refractivity contribution in [3.05, 3.63) is 21.9 Å². The zero-order chi connectivity index (χ0) is 14.3. The zero-order valence-corrected chi connectivity index (χ0v) is 14.2. The lowest BCUT2D eigenvalue weighted by Crippen LogP contribution is -2.43. The highest BCUT2D eigenvalue weighted by Gasteiger charge is 2.15. The first-order valence-electron chi connectivity index (χ1n) is 6.59. The Bertz CT molecular complexity index is 411. The second kappa shape index (κ2) is 7.80. The molecule has 1 rings (SSSR count). The normalized spacial score (nSPS) is 12.6. The van der Waals surface area contributed by atoms with Gasteiger partial charge in [-0.2, -0.15) is 11.8 Å². The zero-order valence-electron chi connectivity index (χ0n) is 12.5. The second-order valence-corrected chi connectivity index (χ2v) is 7.91. The topological polar surface area (TPSA) is 36.4 Å². The van der Waals surface area contributed by atoms with Crippen molar-refractivity contribution in [2.45, 2.75) is 39.0 Å². The molecule has 1 aromatic heterocycles. The van der Waals surface area contributed by atoms with E-state index in [1.165, 1.54) is 9.75 Å². The van der Waals surface area contributed by atoms with Crippen molar-refractivity contribution in [2.75, 3.05) is 19.3 Å². The van der Waals surface area contributed by atoms with Gasteiger partial charge in [0.05, 0.1) is 6.54 Å². The molecule has 0 aliphatic heterocycles. The second-order valence-electron chi connectivity index (χ2n) is 5.02. The smallest absolute Gasteiger partial charge is 0.191 e. The predicted octanol–water partition coefficient (Wildman–Crippen LogP) is 3.25. The van der Waals surface area contributed by atoms with Crippen LogP contribution < -0.4 is 10.6 Å². The minimum Gasteiger partial charge on any atom is -0.357 e. The van der Waals surface area contributed by atoms with Crippen LogP contribution in [-0.2, 0) is 6.54 Å². The van der Waals surface area contributed by atoms with Crippen LogP contribution in [0.15, 0.2) is 17.1 Å². The van der Waals surface area contributed by atoms with Crippen molar-refractivity contribution in [3.8, 4) is 0 Å². The summed E-state index contributed by atoms with van der Waals surface area (Å²) in [6.45, 7) is 11.2. The monoisotopic (exact) mass is 299 g/mol. The first-order chi connectivity index (χ1) is 8.96. The Balaban J connectivity index is 2.56. The van der Waals surface area contributed by atoms with Gasteiger partial charge in [0.2, 0.25) is 0 Å². The first kappa shape index (κ1) is 16.4. The number of nitrogens with zero attached hydrogens (tertiary/aromatic N) is 1. The van der Waals surface area contributed by atoms with Gasteiger partial charge in [0.15, 0.2) is 5.96 Å². The van der Waals surface area contributed by atoms with Crippen molar-refractivity contribution in [1.29, 1.82) is 0 Å². The Labute approximate surface area is 125 Å². The molecule has 0 amide bonds. The summed E-state index contributed by atoms with van der Waals surface area (Å²) in [5, 5.41) is 6.70. The van der Waals surface area contributed by atoms with Crippen LogP contribution in [0.5, 0.6) is 0 Å². The average molecular weight is 300 g/mol. The van der Waals surface area contributed by atoms with Crippen LogP contribution in [0.4, 0.5) is 0 Å². The minimum atomic E-state index is 0.218. The van der Waals surface area contributed by atoms with E-state index in [0.717, 1.165) is 25.6 Å². The van der Waals surface area contributed by atoms with E-state index in [9.17, 15) is 0 Å². The third-order valence-electron chi connectivity index (χ3n) is 2.77. The van der Waals surface area contributed by atoms with E-state index in [1.807, 2.05) is 23.1 Å². The fourth-order valence-electron chi connectivity index (χ4n) is 1.44. The summed E-state index contributed by atoms with van der Waals surface area (Å²) >= 11 is 3.67. The van der Waals surface area contributed by atoms with Gasteiger partial charge >= 0.3 is 0 Å². The maximum absolute atomic E-state index is 4.63. The average Bonchev–Trinajstić information content (AvgIpc) is 2.79. The molecule has 0 aromatic carbocycles. The van der Waals surface area contributed by atoms with E-state index >= 15 is 0 Å². The fourth-order valence-corrected chi connectivity index (χ4v) is 2.47. The van der Waals surface area contributed by atoms with Gasteiger partial charge in [0, 0.05) is 27.6 Å². The van der Waals surface area contributed by atoms with Gasteiger partial charge in [-0.15, -0.1) is 11.3 Å². The number of thiophene rings is 1. The molecule has 0 saturated carbocycles. The number of aryl methyl sites for hydroxylation is 1. The summed E-state index contributed by atoms with van der Waals surface area (Å²) in [6, 6.07) is 4.30. The van der Waals surface area contributed by atoms with Crippen molar-refractivity contribution in [1.82, 2.24) is 10.6 Å². The van der Waals surface area contributed by atoms with Crippen LogP contribution in [0.25, 0.3) is 0 Å². The lowest BCUT2D eigenvalue weighted by molar-refractivity contribution is 0.665. The Hall–Kier alpha value is -0.680. The number of thioether (sulfide) groups is 1. The summed E-state index contributed by atoms with van der Waals surface area (Å²) < 4.78 is 0.218. The van der Waals surface area contributed by atoms with Crippen molar-refractivity contribution in [3.63, 3.8) is 0 Å².